The van der Waals surface area contributed by atoms with E-state index in [9.17, 15) is 8.78 Å². The Balaban J connectivity index is 2.42. The molecule has 0 saturated heterocycles. The van der Waals surface area contributed by atoms with Gasteiger partial charge in [0.25, 0.3) is 5.66 Å². The van der Waals surface area contributed by atoms with E-state index in [4.69, 9.17) is 8.83 Å². The molecule has 0 saturated carbocycles. The van der Waals surface area contributed by atoms with Gasteiger partial charge in [0.05, 0.1) is 25.1 Å². The molecule has 0 radical (unpaired) electrons. The number of hydrogen-bond donors (Lipinski definition) is 0. The molecular formula is C10H9F2O2P. The number of alkyl halides is 2. The molecule has 0 fully saturated rings. The maximum atomic E-state index is 13.5. The van der Waals surface area contributed by atoms with Crippen molar-refractivity contribution in [3.8, 4) is 0 Å². The maximum Gasteiger partial charge on any atom is 0.270 e. The molecule has 0 bridgehead atoms. The van der Waals surface area contributed by atoms with Gasteiger partial charge in [-0.1, -0.05) is 0 Å². The SMILES string of the molecule is CC(F)(F)P(c1ccoc1)c1ccoc1. The second-order valence-corrected chi connectivity index (χ2v) is 5.63. The molecule has 5 heteroatoms. The summed E-state index contributed by atoms with van der Waals surface area (Å²) in [6.07, 6.45) is 5.51. The summed E-state index contributed by atoms with van der Waals surface area (Å²) in [4.78, 5) is 0. The first kappa shape index (κ1) is 10.4. The smallest absolute Gasteiger partial charge is 0.270 e. The Labute approximate surface area is 86.6 Å². The molecule has 0 aliphatic carbocycles. The second-order valence-electron chi connectivity index (χ2n) is 3.14. The molecule has 0 aromatic carbocycles. The van der Waals surface area contributed by atoms with Gasteiger partial charge in [-0.2, -0.15) is 0 Å². The average Bonchev–Trinajstić information content (AvgIpc) is 2.73. The van der Waals surface area contributed by atoms with Crippen molar-refractivity contribution in [2.45, 2.75) is 12.6 Å². The number of hydrogen-bond acceptors (Lipinski definition) is 2. The molecule has 2 heterocycles. The Morgan fingerprint density at radius 3 is 1.80 bits per heavy atom. The lowest BCUT2D eigenvalue weighted by Gasteiger charge is -2.21. The van der Waals surface area contributed by atoms with Gasteiger partial charge >= 0.3 is 0 Å². The topological polar surface area (TPSA) is 26.3 Å². The molecule has 80 valence electrons. The van der Waals surface area contributed by atoms with Crippen molar-refractivity contribution < 1.29 is 17.6 Å². The van der Waals surface area contributed by atoms with E-state index in [0.717, 1.165) is 6.92 Å². The highest BCUT2D eigenvalue weighted by Gasteiger charge is 2.37. The number of furan rings is 2. The molecule has 0 unspecified atom stereocenters. The summed E-state index contributed by atoms with van der Waals surface area (Å²) in [6.45, 7) is 0.915. The van der Waals surface area contributed by atoms with Crippen molar-refractivity contribution in [3.63, 3.8) is 0 Å². The van der Waals surface area contributed by atoms with Gasteiger partial charge in [0.1, 0.15) is 0 Å². The van der Waals surface area contributed by atoms with E-state index in [0.29, 0.717) is 10.6 Å². The highest BCUT2D eigenvalue weighted by Crippen LogP contribution is 2.50. The lowest BCUT2D eigenvalue weighted by Crippen LogP contribution is -2.22. The summed E-state index contributed by atoms with van der Waals surface area (Å²) in [7, 11) is -1.74. The summed E-state index contributed by atoms with van der Waals surface area (Å²) in [5.74, 6) is 0. The van der Waals surface area contributed by atoms with Crippen molar-refractivity contribution in [1.82, 2.24) is 0 Å². The average molecular weight is 230 g/mol. The molecule has 0 aliphatic rings. The van der Waals surface area contributed by atoms with Crippen LogP contribution < -0.4 is 10.6 Å². The molecule has 0 N–H and O–H groups in total. The highest BCUT2D eigenvalue weighted by atomic mass is 31.1. The zero-order valence-corrected chi connectivity index (χ0v) is 8.88. The molecule has 2 aromatic heterocycles. The van der Waals surface area contributed by atoms with Crippen LogP contribution in [0.5, 0.6) is 0 Å². The monoisotopic (exact) mass is 230 g/mol. The Morgan fingerprint density at radius 2 is 1.53 bits per heavy atom. The third-order valence-electron chi connectivity index (χ3n) is 1.92. The fourth-order valence-corrected chi connectivity index (χ4v) is 3.33. The van der Waals surface area contributed by atoms with Gasteiger partial charge < -0.3 is 8.83 Å². The summed E-state index contributed by atoms with van der Waals surface area (Å²) in [6, 6.07) is 3.13. The van der Waals surface area contributed by atoms with Crippen LogP contribution in [-0.2, 0) is 0 Å². The third-order valence-corrected chi connectivity index (χ3v) is 4.25. The van der Waals surface area contributed by atoms with Crippen LogP contribution >= 0.6 is 7.92 Å². The van der Waals surface area contributed by atoms with E-state index >= 15 is 0 Å². The van der Waals surface area contributed by atoms with Crippen LogP contribution in [0, 0.1) is 0 Å². The summed E-state index contributed by atoms with van der Waals surface area (Å²) >= 11 is 0. The second kappa shape index (κ2) is 3.78. The first-order valence-electron chi connectivity index (χ1n) is 4.31. The van der Waals surface area contributed by atoms with E-state index < -0.39 is 13.6 Å². The summed E-state index contributed by atoms with van der Waals surface area (Å²) < 4.78 is 36.6. The molecule has 2 aromatic rings. The van der Waals surface area contributed by atoms with Gasteiger partial charge in [-0.25, -0.2) is 8.78 Å². The molecule has 0 amide bonds. The zero-order valence-electron chi connectivity index (χ0n) is 7.98. The van der Waals surface area contributed by atoms with Crippen molar-refractivity contribution in [1.29, 1.82) is 0 Å². The fourth-order valence-electron chi connectivity index (χ4n) is 1.37. The lowest BCUT2D eigenvalue weighted by atomic mass is 10.6. The summed E-state index contributed by atoms with van der Waals surface area (Å²) in [5.41, 5.74) is -2.79. The largest absolute Gasteiger partial charge is 0.472 e. The zero-order chi connectivity index (χ0) is 10.9. The van der Waals surface area contributed by atoms with E-state index in [-0.39, 0.29) is 0 Å². The Bertz CT molecular complexity index is 369. The van der Waals surface area contributed by atoms with Crippen molar-refractivity contribution >= 4 is 18.5 Å². The van der Waals surface area contributed by atoms with E-state index in [1.165, 1.54) is 25.1 Å². The number of rotatable bonds is 3. The van der Waals surface area contributed by atoms with Crippen molar-refractivity contribution in [2.24, 2.45) is 0 Å². The molecule has 0 spiro atoms. The lowest BCUT2D eigenvalue weighted by molar-refractivity contribution is 0.123. The van der Waals surface area contributed by atoms with E-state index in [1.54, 1.807) is 12.1 Å². The van der Waals surface area contributed by atoms with E-state index in [2.05, 4.69) is 0 Å². The Kier molecular flexibility index (Phi) is 2.61. The van der Waals surface area contributed by atoms with Crippen LogP contribution in [0.3, 0.4) is 0 Å². The van der Waals surface area contributed by atoms with Gasteiger partial charge in [-0.15, -0.1) is 0 Å². The van der Waals surface area contributed by atoms with Gasteiger partial charge in [-0.3, -0.25) is 0 Å². The van der Waals surface area contributed by atoms with Crippen LogP contribution in [0.4, 0.5) is 8.78 Å². The standard InChI is InChI=1S/C10H9F2O2P/c1-10(11,12)15(8-2-4-13-6-8)9-3-5-14-7-9/h2-7H,1H3. The summed E-state index contributed by atoms with van der Waals surface area (Å²) in [5, 5.41) is 1.03. The van der Waals surface area contributed by atoms with Crippen molar-refractivity contribution in [2.75, 3.05) is 0 Å². The molecule has 2 nitrogen and oxygen atoms in total. The molecule has 0 atom stereocenters. The van der Waals surface area contributed by atoms with E-state index in [1.807, 2.05) is 0 Å². The quantitative estimate of drug-likeness (QED) is 0.758. The minimum absolute atomic E-state index is 0.513. The van der Waals surface area contributed by atoms with Gasteiger partial charge in [0.2, 0.25) is 0 Å². The Hall–Kier alpha value is -1.15. The maximum absolute atomic E-state index is 13.5. The van der Waals surface area contributed by atoms with Crippen molar-refractivity contribution in [3.05, 3.63) is 37.2 Å². The van der Waals surface area contributed by atoms with Crippen LogP contribution in [0.1, 0.15) is 6.92 Å². The van der Waals surface area contributed by atoms with Gasteiger partial charge in [-0.05, 0) is 12.1 Å². The predicted octanol–water partition coefficient (Wildman–Crippen LogP) is 2.92. The minimum atomic E-state index is -2.79. The number of halogens is 2. The first-order chi connectivity index (χ1) is 7.09. The molecule has 0 aliphatic heterocycles. The predicted molar refractivity (Wildman–Crippen MR) is 54.2 cm³/mol. The van der Waals surface area contributed by atoms with Gasteiger partial charge in [0.15, 0.2) is 0 Å². The molecular weight excluding hydrogens is 221 g/mol. The normalized spacial score (nSPS) is 12.3. The first-order valence-corrected chi connectivity index (χ1v) is 5.65. The highest BCUT2D eigenvalue weighted by molar-refractivity contribution is 7.74. The third kappa shape index (κ3) is 2.10. The molecule has 15 heavy (non-hydrogen) atoms. The van der Waals surface area contributed by atoms with Crippen LogP contribution in [-0.4, -0.2) is 5.66 Å². The Morgan fingerprint density at radius 1 is 1.07 bits per heavy atom. The van der Waals surface area contributed by atoms with Gasteiger partial charge in [0, 0.05) is 25.5 Å². The van der Waals surface area contributed by atoms with Crippen LogP contribution in [0.15, 0.2) is 46.0 Å². The minimum Gasteiger partial charge on any atom is -0.472 e. The fraction of sp³-hybridized carbons (Fsp3) is 0.200. The van der Waals surface area contributed by atoms with Crippen LogP contribution in [0.2, 0.25) is 0 Å². The molecule has 2 rings (SSSR count). The van der Waals surface area contributed by atoms with Crippen LogP contribution in [0.25, 0.3) is 0 Å².